The summed E-state index contributed by atoms with van der Waals surface area (Å²) in [5.41, 5.74) is 10.4. The van der Waals surface area contributed by atoms with Crippen LogP contribution in [-0.4, -0.2) is 30.8 Å². The molecule has 2 heterocycles. The van der Waals surface area contributed by atoms with Gasteiger partial charge in [-0.3, -0.25) is 20.0 Å². The van der Waals surface area contributed by atoms with Gasteiger partial charge in [-0.1, -0.05) is 0 Å². The van der Waals surface area contributed by atoms with Gasteiger partial charge in [0.2, 0.25) is 5.91 Å². The van der Waals surface area contributed by atoms with Gasteiger partial charge in [-0.15, -0.1) is 0 Å². The molecule has 3 aromatic rings. The highest BCUT2D eigenvalue weighted by Gasteiger charge is 2.27. The van der Waals surface area contributed by atoms with Gasteiger partial charge in [0, 0.05) is 29.0 Å². The van der Waals surface area contributed by atoms with Gasteiger partial charge in [0.25, 0.3) is 5.69 Å². The number of carbonyl (C=O) groups is 1. The van der Waals surface area contributed by atoms with E-state index < -0.39 is 10.8 Å². The van der Waals surface area contributed by atoms with Crippen LogP contribution in [0, 0.1) is 10.1 Å². The molecule has 0 radical (unpaired) electrons. The molecule has 0 saturated carbocycles. The van der Waals surface area contributed by atoms with Crippen molar-refractivity contribution >= 4 is 11.6 Å². The topological polar surface area (TPSA) is 133 Å². The van der Waals surface area contributed by atoms with Crippen molar-refractivity contribution in [1.82, 2.24) is 20.0 Å². The zero-order valence-corrected chi connectivity index (χ0v) is 13.1. The second-order valence-electron chi connectivity index (χ2n) is 5.86. The number of benzene rings is 1. The molecule has 126 valence electrons. The van der Waals surface area contributed by atoms with E-state index in [1.54, 1.807) is 23.0 Å². The first kappa shape index (κ1) is 15.1. The van der Waals surface area contributed by atoms with Gasteiger partial charge in [0.1, 0.15) is 0 Å². The van der Waals surface area contributed by atoms with E-state index in [9.17, 15) is 14.9 Å². The number of hydrogen-bond acceptors (Lipinski definition) is 5. The molecular formula is C16H14N6O3. The number of primary amides is 1. The van der Waals surface area contributed by atoms with Crippen molar-refractivity contribution in [3.05, 3.63) is 57.5 Å². The Bertz CT molecular complexity index is 986. The monoisotopic (exact) mass is 338 g/mol. The third kappa shape index (κ3) is 2.45. The predicted molar refractivity (Wildman–Crippen MR) is 88.1 cm³/mol. The molecule has 25 heavy (non-hydrogen) atoms. The van der Waals surface area contributed by atoms with Crippen molar-refractivity contribution in [3.63, 3.8) is 0 Å². The Hall–Kier alpha value is -3.49. The third-order valence-corrected chi connectivity index (χ3v) is 4.31. The molecule has 0 saturated heterocycles. The van der Waals surface area contributed by atoms with E-state index in [0.717, 1.165) is 35.4 Å². The molecule has 3 N–H and O–H groups in total. The van der Waals surface area contributed by atoms with E-state index in [1.807, 2.05) is 0 Å². The van der Waals surface area contributed by atoms with Crippen LogP contribution in [0.25, 0.3) is 16.9 Å². The van der Waals surface area contributed by atoms with Crippen molar-refractivity contribution in [3.8, 4) is 16.9 Å². The van der Waals surface area contributed by atoms with Gasteiger partial charge in [-0.25, -0.2) is 4.68 Å². The van der Waals surface area contributed by atoms with Crippen molar-refractivity contribution < 1.29 is 9.72 Å². The maximum absolute atomic E-state index is 11.4. The predicted octanol–water partition coefficient (Wildman–Crippen LogP) is 1.30. The number of nitro groups is 1. The Balaban J connectivity index is 1.89. The average molecular weight is 338 g/mol. The highest BCUT2D eigenvalue weighted by Crippen LogP contribution is 2.36. The van der Waals surface area contributed by atoms with E-state index >= 15 is 0 Å². The molecule has 9 nitrogen and oxygen atoms in total. The molecule has 1 aromatic carbocycles. The summed E-state index contributed by atoms with van der Waals surface area (Å²) in [7, 11) is 0. The molecule has 1 amide bonds. The number of H-pyrrole nitrogens is 1. The molecule has 0 atom stereocenters. The molecule has 2 aromatic heterocycles. The van der Waals surface area contributed by atoms with Crippen LogP contribution in [0.2, 0.25) is 0 Å². The lowest BCUT2D eigenvalue weighted by Gasteiger charge is -2.14. The number of aromatic nitrogens is 4. The number of aromatic amines is 1. The van der Waals surface area contributed by atoms with Crippen LogP contribution in [0.15, 0.2) is 30.5 Å². The van der Waals surface area contributed by atoms with E-state index in [0.29, 0.717) is 11.4 Å². The molecule has 0 spiro atoms. The van der Waals surface area contributed by atoms with E-state index in [1.165, 1.54) is 12.1 Å². The summed E-state index contributed by atoms with van der Waals surface area (Å²) < 4.78 is 1.70. The fourth-order valence-electron chi connectivity index (χ4n) is 3.20. The highest BCUT2D eigenvalue weighted by atomic mass is 16.6. The summed E-state index contributed by atoms with van der Waals surface area (Å²) in [4.78, 5) is 21.8. The Kier molecular flexibility index (Phi) is 3.34. The van der Waals surface area contributed by atoms with Crippen LogP contribution >= 0.6 is 0 Å². The third-order valence-electron chi connectivity index (χ3n) is 4.31. The molecule has 0 fully saturated rings. The lowest BCUT2D eigenvalue weighted by Crippen LogP contribution is -2.15. The number of rotatable bonds is 4. The normalized spacial score (nSPS) is 12.5. The Morgan fingerprint density at radius 3 is 2.76 bits per heavy atom. The number of amides is 1. The number of hydrogen-bond donors (Lipinski definition) is 2. The molecule has 0 unspecified atom stereocenters. The molecule has 9 heteroatoms. The molecular weight excluding hydrogens is 324 g/mol. The summed E-state index contributed by atoms with van der Waals surface area (Å²) in [6.45, 7) is 0. The second kappa shape index (κ2) is 5.55. The van der Waals surface area contributed by atoms with Crippen LogP contribution in [0.4, 0.5) is 5.69 Å². The minimum atomic E-state index is -0.450. The fourth-order valence-corrected chi connectivity index (χ4v) is 3.20. The molecule has 1 aliphatic rings. The second-order valence-corrected chi connectivity index (χ2v) is 5.86. The van der Waals surface area contributed by atoms with Gasteiger partial charge in [0.05, 0.1) is 34.6 Å². The molecule has 0 aliphatic heterocycles. The number of nitro benzene ring substituents is 1. The summed E-state index contributed by atoms with van der Waals surface area (Å²) in [6.07, 6.45) is 3.28. The van der Waals surface area contributed by atoms with E-state index in [-0.39, 0.29) is 12.1 Å². The average Bonchev–Trinajstić information content (AvgIpc) is 3.19. The maximum Gasteiger partial charge on any atom is 0.269 e. The SMILES string of the molecule is NC(=O)Cc1nn(-c2ccc([N+](=O)[O-])cc2)c2c1CCc1[nH]ncc1-2. The largest absolute Gasteiger partial charge is 0.369 e. The minimum Gasteiger partial charge on any atom is -0.369 e. The highest BCUT2D eigenvalue weighted by molar-refractivity contribution is 5.79. The summed E-state index contributed by atoms with van der Waals surface area (Å²) >= 11 is 0. The quantitative estimate of drug-likeness (QED) is 0.546. The van der Waals surface area contributed by atoms with E-state index in [2.05, 4.69) is 15.3 Å². The maximum atomic E-state index is 11.4. The minimum absolute atomic E-state index is 0.00568. The van der Waals surface area contributed by atoms with Crippen molar-refractivity contribution in [2.24, 2.45) is 5.73 Å². The molecule has 1 aliphatic carbocycles. The van der Waals surface area contributed by atoms with Crippen LogP contribution in [-0.2, 0) is 24.1 Å². The van der Waals surface area contributed by atoms with Gasteiger partial charge in [-0.2, -0.15) is 10.2 Å². The first-order valence-corrected chi connectivity index (χ1v) is 7.71. The number of non-ortho nitro benzene ring substituents is 1. The van der Waals surface area contributed by atoms with Crippen molar-refractivity contribution in [1.29, 1.82) is 0 Å². The van der Waals surface area contributed by atoms with Gasteiger partial charge >= 0.3 is 0 Å². The summed E-state index contributed by atoms with van der Waals surface area (Å²) in [5.74, 6) is -0.450. The van der Waals surface area contributed by atoms with Crippen LogP contribution in [0.3, 0.4) is 0 Å². The van der Waals surface area contributed by atoms with Crippen LogP contribution in [0.5, 0.6) is 0 Å². The molecule has 4 rings (SSSR count). The van der Waals surface area contributed by atoms with E-state index in [4.69, 9.17) is 5.73 Å². The van der Waals surface area contributed by atoms with Crippen molar-refractivity contribution in [2.75, 3.05) is 0 Å². The summed E-state index contributed by atoms with van der Waals surface area (Å²) in [5, 5.41) is 22.5. The van der Waals surface area contributed by atoms with Crippen molar-refractivity contribution in [2.45, 2.75) is 19.3 Å². The zero-order valence-electron chi connectivity index (χ0n) is 13.1. The number of carbonyl (C=O) groups excluding carboxylic acids is 1. The number of nitrogens with zero attached hydrogens (tertiary/aromatic N) is 4. The number of nitrogens with one attached hydrogen (secondary N) is 1. The standard InChI is InChI=1S/C16H14N6O3/c17-15(23)7-14-11-5-6-13-12(8-18-19-13)16(11)21(20-14)9-1-3-10(4-2-9)22(24)25/h1-4,8H,5-7H2,(H2,17,23)(H,18,19). The number of fused-ring (bicyclic) bond motifs is 3. The van der Waals surface area contributed by atoms with Crippen LogP contribution < -0.4 is 5.73 Å². The lowest BCUT2D eigenvalue weighted by atomic mass is 9.93. The van der Waals surface area contributed by atoms with Gasteiger partial charge in [0.15, 0.2) is 0 Å². The smallest absolute Gasteiger partial charge is 0.269 e. The zero-order chi connectivity index (χ0) is 17.6. The Morgan fingerprint density at radius 2 is 2.08 bits per heavy atom. The number of aryl methyl sites for hydroxylation is 1. The van der Waals surface area contributed by atoms with Gasteiger partial charge < -0.3 is 5.73 Å². The van der Waals surface area contributed by atoms with Crippen LogP contribution in [0.1, 0.15) is 17.0 Å². The molecule has 0 bridgehead atoms. The number of nitrogens with two attached hydrogens (primary N) is 1. The Morgan fingerprint density at radius 1 is 1.32 bits per heavy atom. The first-order valence-electron chi connectivity index (χ1n) is 7.71. The Labute approximate surface area is 141 Å². The first-order chi connectivity index (χ1) is 12.0. The fraction of sp³-hybridized carbons (Fsp3) is 0.188. The lowest BCUT2D eigenvalue weighted by molar-refractivity contribution is -0.384. The summed E-state index contributed by atoms with van der Waals surface area (Å²) in [6, 6.07) is 6.12. The van der Waals surface area contributed by atoms with Gasteiger partial charge in [-0.05, 0) is 25.0 Å².